The zero-order chi connectivity index (χ0) is 17.0. The molecular weight excluding hydrogens is 290 g/mol. The third-order valence-electron chi connectivity index (χ3n) is 4.28. The lowest BCUT2D eigenvalue weighted by atomic mass is 9.85. The van der Waals surface area contributed by atoms with E-state index in [0.717, 1.165) is 17.5 Å². The van der Waals surface area contributed by atoms with Crippen LogP contribution in [0.15, 0.2) is 24.3 Å². The molecule has 1 aromatic rings. The summed E-state index contributed by atoms with van der Waals surface area (Å²) in [5.74, 6) is 0.0544. The fraction of sp³-hybridized carbons (Fsp3) is 0.556. The van der Waals surface area contributed by atoms with Crippen molar-refractivity contribution in [1.29, 1.82) is 0 Å². The average molecular weight is 317 g/mol. The van der Waals surface area contributed by atoms with Gasteiger partial charge in [0.1, 0.15) is 0 Å². The van der Waals surface area contributed by atoms with Gasteiger partial charge in [-0.15, -0.1) is 0 Å². The van der Waals surface area contributed by atoms with E-state index in [-0.39, 0.29) is 23.4 Å². The predicted molar refractivity (Wildman–Crippen MR) is 91.5 cm³/mol. The first-order valence-corrected chi connectivity index (χ1v) is 8.24. The van der Waals surface area contributed by atoms with E-state index >= 15 is 0 Å². The van der Waals surface area contributed by atoms with E-state index in [1.54, 1.807) is 0 Å². The molecule has 1 aliphatic rings. The molecule has 0 bridgehead atoms. The van der Waals surface area contributed by atoms with Crippen molar-refractivity contribution in [1.82, 2.24) is 15.5 Å². The van der Waals surface area contributed by atoms with E-state index in [1.807, 2.05) is 36.1 Å². The molecule has 3 amide bonds. The topological polar surface area (TPSA) is 61.4 Å². The molecule has 2 rings (SSSR count). The molecule has 0 radical (unpaired) electrons. The average Bonchev–Trinajstić information content (AvgIpc) is 2.48. The monoisotopic (exact) mass is 317 g/mol. The minimum absolute atomic E-state index is 0.0544. The molecule has 23 heavy (non-hydrogen) atoms. The largest absolute Gasteiger partial charge is 0.338 e. The Morgan fingerprint density at radius 2 is 2.00 bits per heavy atom. The van der Waals surface area contributed by atoms with Crippen molar-refractivity contribution < 1.29 is 9.59 Å². The smallest absolute Gasteiger partial charge is 0.315 e. The van der Waals surface area contributed by atoms with Gasteiger partial charge in [0.05, 0.1) is 6.04 Å². The van der Waals surface area contributed by atoms with Gasteiger partial charge in [-0.05, 0) is 30.4 Å². The zero-order valence-corrected chi connectivity index (χ0v) is 14.5. The number of benzene rings is 1. The van der Waals surface area contributed by atoms with Crippen molar-refractivity contribution in [2.24, 2.45) is 5.41 Å². The summed E-state index contributed by atoms with van der Waals surface area (Å²) >= 11 is 0. The third-order valence-corrected chi connectivity index (χ3v) is 4.28. The second kappa shape index (κ2) is 7.02. The Morgan fingerprint density at radius 3 is 2.65 bits per heavy atom. The fourth-order valence-corrected chi connectivity index (χ4v) is 2.77. The molecule has 126 valence electrons. The minimum atomic E-state index is -0.183. The first-order valence-electron chi connectivity index (χ1n) is 8.24. The molecule has 0 saturated heterocycles. The van der Waals surface area contributed by atoms with Crippen molar-refractivity contribution in [2.45, 2.75) is 40.2 Å². The molecule has 0 aromatic heterocycles. The van der Waals surface area contributed by atoms with Gasteiger partial charge in [0, 0.05) is 25.2 Å². The number of rotatable bonds is 4. The highest BCUT2D eigenvalue weighted by atomic mass is 16.2. The van der Waals surface area contributed by atoms with Crippen molar-refractivity contribution in [3.8, 4) is 0 Å². The second-order valence-electron chi connectivity index (χ2n) is 7.08. The Balaban J connectivity index is 2.11. The minimum Gasteiger partial charge on any atom is -0.338 e. The molecule has 0 saturated carbocycles. The highest BCUT2D eigenvalue weighted by Gasteiger charge is 2.32. The molecule has 1 aromatic carbocycles. The summed E-state index contributed by atoms with van der Waals surface area (Å²) in [5, 5.41) is 5.76. The van der Waals surface area contributed by atoms with Crippen LogP contribution >= 0.6 is 0 Å². The Kier molecular flexibility index (Phi) is 5.29. The molecule has 5 nitrogen and oxygen atoms in total. The quantitative estimate of drug-likeness (QED) is 0.896. The van der Waals surface area contributed by atoms with E-state index < -0.39 is 0 Å². The number of hydrogen-bond donors (Lipinski definition) is 2. The summed E-state index contributed by atoms with van der Waals surface area (Å²) in [5.41, 5.74) is 1.75. The van der Waals surface area contributed by atoms with E-state index in [0.29, 0.717) is 19.6 Å². The Morgan fingerprint density at radius 1 is 1.30 bits per heavy atom. The van der Waals surface area contributed by atoms with Crippen LogP contribution in [0.1, 0.15) is 43.6 Å². The Bertz CT molecular complexity index is 578. The lowest BCUT2D eigenvalue weighted by Gasteiger charge is -2.37. The van der Waals surface area contributed by atoms with Crippen LogP contribution in [-0.2, 0) is 6.42 Å². The lowest BCUT2D eigenvalue weighted by Crippen LogP contribution is -2.55. The van der Waals surface area contributed by atoms with E-state index in [1.165, 1.54) is 0 Å². The third kappa shape index (κ3) is 4.24. The Labute approximate surface area is 138 Å². The molecule has 0 aliphatic carbocycles. The molecule has 1 atom stereocenters. The Hall–Kier alpha value is -2.04. The van der Waals surface area contributed by atoms with Gasteiger partial charge in [0.25, 0.3) is 5.91 Å². The van der Waals surface area contributed by atoms with Crippen LogP contribution in [0.25, 0.3) is 0 Å². The lowest BCUT2D eigenvalue weighted by molar-refractivity contribution is 0.0690. The van der Waals surface area contributed by atoms with Crippen LogP contribution in [0.5, 0.6) is 0 Å². The summed E-state index contributed by atoms with van der Waals surface area (Å²) in [7, 11) is 0. The normalized spacial score (nSPS) is 15.8. The highest BCUT2D eigenvalue weighted by molar-refractivity contribution is 5.96. The number of nitrogens with one attached hydrogen (secondary N) is 2. The number of nitrogens with zero attached hydrogens (tertiary/aromatic N) is 1. The number of carbonyl (C=O) groups is 2. The molecule has 2 N–H and O–H groups in total. The maximum absolute atomic E-state index is 12.7. The van der Waals surface area contributed by atoms with Crippen molar-refractivity contribution >= 4 is 11.9 Å². The van der Waals surface area contributed by atoms with Gasteiger partial charge >= 0.3 is 6.03 Å². The number of hydrogen-bond acceptors (Lipinski definition) is 2. The van der Waals surface area contributed by atoms with Crippen molar-refractivity contribution in [3.05, 3.63) is 35.4 Å². The fourth-order valence-electron chi connectivity index (χ4n) is 2.77. The molecule has 0 fully saturated rings. The number of amides is 3. The van der Waals surface area contributed by atoms with Gasteiger partial charge < -0.3 is 15.5 Å². The number of urea groups is 1. The van der Waals surface area contributed by atoms with Crippen LogP contribution in [-0.4, -0.2) is 42.5 Å². The molecular formula is C18H27N3O2. The molecule has 0 spiro atoms. The highest BCUT2D eigenvalue weighted by Crippen LogP contribution is 2.24. The number of fused-ring (bicyclic) bond motifs is 1. The molecule has 1 heterocycles. The van der Waals surface area contributed by atoms with Gasteiger partial charge in [-0.3, -0.25) is 4.79 Å². The van der Waals surface area contributed by atoms with Gasteiger partial charge in [-0.25, -0.2) is 4.79 Å². The van der Waals surface area contributed by atoms with Crippen LogP contribution < -0.4 is 10.6 Å². The van der Waals surface area contributed by atoms with Crippen molar-refractivity contribution in [2.75, 3.05) is 19.6 Å². The van der Waals surface area contributed by atoms with Crippen LogP contribution in [0.2, 0.25) is 0 Å². The summed E-state index contributed by atoms with van der Waals surface area (Å²) in [6.07, 6.45) is 0.861. The second-order valence-corrected chi connectivity index (χ2v) is 7.08. The van der Waals surface area contributed by atoms with Gasteiger partial charge in [-0.1, -0.05) is 39.0 Å². The van der Waals surface area contributed by atoms with E-state index in [9.17, 15) is 9.59 Å². The maximum Gasteiger partial charge on any atom is 0.315 e. The summed E-state index contributed by atoms with van der Waals surface area (Å²) in [6.45, 7) is 9.91. The number of carbonyl (C=O) groups excluding carboxylic acids is 2. The molecule has 5 heteroatoms. The predicted octanol–water partition coefficient (Wildman–Crippen LogP) is 2.42. The first-order chi connectivity index (χ1) is 10.8. The van der Waals surface area contributed by atoms with Crippen LogP contribution in [0, 0.1) is 5.41 Å². The van der Waals surface area contributed by atoms with Crippen LogP contribution in [0.4, 0.5) is 4.79 Å². The summed E-state index contributed by atoms with van der Waals surface area (Å²) in [6, 6.07) is 7.47. The maximum atomic E-state index is 12.7. The summed E-state index contributed by atoms with van der Waals surface area (Å²) < 4.78 is 0. The SMILES string of the molecule is CCNC(=O)NC(CN1CCc2ccccc2C1=O)C(C)(C)C. The molecule has 1 aliphatic heterocycles. The molecule has 1 unspecified atom stereocenters. The zero-order valence-electron chi connectivity index (χ0n) is 14.5. The van der Waals surface area contributed by atoms with E-state index in [4.69, 9.17) is 0 Å². The van der Waals surface area contributed by atoms with Crippen LogP contribution in [0.3, 0.4) is 0 Å². The van der Waals surface area contributed by atoms with Gasteiger partial charge in [0.15, 0.2) is 0 Å². The van der Waals surface area contributed by atoms with Gasteiger partial charge in [0.2, 0.25) is 0 Å². The van der Waals surface area contributed by atoms with Crippen molar-refractivity contribution in [3.63, 3.8) is 0 Å². The standard InChI is InChI=1S/C18H27N3O2/c1-5-19-17(23)20-15(18(2,3)4)12-21-11-10-13-8-6-7-9-14(13)16(21)22/h6-9,15H,5,10-12H2,1-4H3,(H2,19,20,23). The first kappa shape index (κ1) is 17.3. The van der Waals surface area contributed by atoms with Gasteiger partial charge in [-0.2, -0.15) is 0 Å². The summed E-state index contributed by atoms with van der Waals surface area (Å²) in [4.78, 5) is 26.4. The van der Waals surface area contributed by atoms with E-state index in [2.05, 4.69) is 31.4 Å².